The minimum Gasteiger partial charge on any atom is -0.403 e. The zero-order chi connectivity index (χ0) is 20.3. The summed E-state index contributed by atoms with van der Waals surface area (Å²) in [5.74, 6) is 0.777. The van der Waals surface area contributed by atoms with E-state index >= 15 is 0 Å². The number of piperidine rings is 1. The number of hydrogen-bond donors (Lipinski definition) is 2. The number of aromatic nitrogens is 3. The van der Waals surface area contributed by atoms with E-state index in [0.29, 0.717) is 18.4 Å². The minimum atomic E-state index is -0.135. The Balaban J connectivity index is 1.15. The molecule has 0 bridgehead atoms. The first-order chi connectivity index (χ1) is 14.8. The molecular weight excluding hydrogens is 378 g/mol. The number of rotatable bonds is 5. The Hall–Kier alpha value is -3.45. The largest absolute Gasteiger partial charge is 0.403 e. The Morgan fingerprint density at radius 1 is 1.07 bits per heavy atom. The maximum atomic E-state index is 12.4. The van der Waals surface area contributed by atoms with Gasteiger partial charge in [-0.1, -0.05) is 41.5 Å². The zero-order valence-electron chi connectivity index (χ0n) is 16.5. The lowest BCUT2D eigenvalue weighted by Gasteiger charge is -2.31. The quantitative estimate of drug-likeness (QED) is 0.527. The summed E-state index contributed by atoms with van der Waals surface area (Å²) >= 11 is 0. The second-order valence-corrected chi connectivity index (χ2v) is 7.67. The Labute approximate surface area is 174 Å². The summed E-state index contributed by atoms with van der Waals surface area (Å²) in [6.07, 6.45) is 4.21. The van der Waals surface area contributed by atoms with E-state index in [1.807, 2.05) is 30.3 Å². The number of fused-ring (bicyclic) bond motifs is 1. The van der Waals surface area contributed by atoms with Crippen molar-refractivity contribution in [2.75, 3.05) is 25.0 Å². The first-order valence-electron chi connectivity index (χ1n) is 10.2. The van der Waals surface area contributed by atoms with Crippen LogP contribution in [-0.4, -0.2) is 45.6 Å². The van der Waals surface area contributed by atoms with E-state index < -0.39 is 0 Å². The molecule has 0 unspecified atom stereocenters. The third-order valence-electron chi connectivity index (χ3n) is 5.71. The summed E-state index contributed by atoms with van der Waals surface area (Å²) in [5.41, 5.74) is 3.39. The molecule has 5 rings (SSSR count). The van der Waals surface area contributed by atoms with Gasteiger partial charge in [-0.3, -0.25) is 15.0 Å². The highest BCUT2D eigenvalue weighted by molar-refractivity contribution is 5.90. The van der Waals surface area contributed by atoms with Crippen LogP contribution in [0.1, 0.15) is 24.3 Å². The van der Waals surface area contributed by atoms with Crippen LogP contribution in [-0.2, 0) is 4.79 Å². The molecule has 2 aromatic carbocycles. The topological polar surface area (TPSA) is 87.0 Å². The van der Waals surface area contributed by atoms with Gasteiger partial charge in [0.15, 0.2) is 0 Å². The summed E-state index contributed by atoms with van der Waals surface area (Å²) in [4.78, 5) is 18.0. The lowest BCUT2D eigenvalue weighted by molar-refractivity contribution is -0.117. The molecule has 2 aromatic heterocycles. The number of H-pyrrole nitrogens is 1. The van der Waals surface area contributed by atoms with E-state index in [1.165, 1.54) is 16.5 Å². The van der Waals surface area contributed by atoms with Crippen molar-refractivity contribution in [3.05, 3.63) is 66.4 Å². The number of anilines is 1. The van der Waals surface area contributed by atoms with E-state index in [0.717, 1.165) is 31.5 Å². The van der Waals surface area contributed by atoms with E-state index in [4.69, 9.17) is 4.42 Å². The van der Waals surface area contributed by atoms with Crippen LogP contribution in [0.2, 0.25) is 0 Å². The predicted molar refractivity (Wildman–Crippen MR) is 115 cm³/mol. The molecule has 2 N–H and O–H groups in total. The van der Waals surface area contributed by atoms with Gasteiger partial charge in [-0.15, -0.1) is 5.10 Å². The third kappa shape index (κ3) is 3.84. The van der Waals surface area contributed by atoms with Gasteiger partial charge in [-0.2, -0.15) is 0 Å². The molecule has 30 heavy (non-hydrogen) atoms. The highest BCUT2D eigenvalue weighted by atomic mass is 16.4. The number of benzene rings is 2. The molecule has 1 fully saturated rings. The fraction of sp³-hybridized carbons (Fsp3) is 0.261. The average molecular weight is 401 g/mol. The summed E-state index contributed by atoms with van der Waals surface area (Å²) < 4.78 is 5.56. The van der Waals surface area contributed by atoms with Crippen LogP contribution in [0.3, 0.4) is 0 Å². The van der Waals surface area contributed by atoms with Crippen molar-refractivity contribution in [1.29, 1.82) is 0 Å². The molecule has 1 saturated heterocycles. The molecular formula is C23H23N5O2. The van der Waals surface area contributed by atoms with E-state index in [9.17, 15) is 4.79 Å². The number of para-hydroxylation sites is 1. The van der Waals surface area contributed by atoms with Crippen LogP contribution in [0.5, 0.6) is 0 Å². The Kier molecular flexibility index (Phi) is 5.03. The van der Waals surface area contributed by atoms with Gasteiger partial charge in [0.1, 0.15) is 0 Å². The van der Waals surface area contributed by atoms with Crippen molar-refractivity contribution in [3.8, 4) is 11.5 Å². The van der Waals surface area contributed by atoms with Crippen LogP contribution in [0.15, 0.2) is 65.2 Å². The number of carbonyl (C=O) groups excluding carboxylic acids is 1. The SMILES string of the molecule is O=C(CN1CCC(c2c[nH]c3ccccc23)CC1)Nc1nnc(-c2ccccc2)o1. The van der Waals surface area contributed by atoms with E-state index in [1.54, 1.807) is 0 Å². The predicted octanol–water partition coefficient (Wildman–Crippen LogP) is 4.04. The van der Waals surface area contributed by atoms with Crippen molar-refractivity contribution in [2.24, 2.45) is 0 Å². The van der Waals surface area contributed by atoms with Crippen LogP contribution in [0, 0.1) is 0 Å². The number of carbonyl (C=O) groups is 1. The second-order valence-electron chi connectivity index (χ2n) is 7.67. The Morgan fingerprint density at radius 2 is 1.83 bits per heavy atom. The molecule has 0 radical (unpaired) electrons. The number of likely N-dealkylation sites (tertiary alicyclic amines) is 1. The van der Waals surface area contributed by atoms with Crippen LogP contribution >= 0.6 is 0 Å². The number of aromatic amines is 1. The molecule has 0 saturated carbocycles. The van der Waals surface area contributed by atoms with Crippen molar-refractivity contribution in [1.82, 2.24) is 20.1 Å². The monoisotopic (exact) mass is 401 g/mol. The molecule has 1 aliphatic heterocycles. The van der Waals surface area contributed by atoms with Gasteiger partial charge in [0.2, 0.25) is 11.8 Å². The van der Waals surface area contributed by atoms with Gasteiger partial charge < -0.3 is 9.40 Å². The van der Waals surface area contributed by atoms with Crippen molar-refractivity contribution < 1.29 is 9.21 Å². The van der Waals surface area contributed by atoms with Crippen LogP contribution < -0.4 is 5.32 Å². The first kappa shape index (κ1) is 18.6. The highest BCUT2D eigenvalue weighted by Crippen LogP contribution is 2.33. The molecule has 0 aliphatic carbocycles. The van der Waals surface area contributed by atoms with Gasteiger partial charge in [0.05, 0.1) is 6.54 Å². The maximum absolute atomic E-state index is 12.4. The molecule has 1 aliphatic rings. The van der Waals surface area contributed by atoms with Crippen molar-refractivity contribution in [2.45, 2.75) is 18.8 Å². The normalized spacial score (nSPS) is 15.5. The van der Waals surface area contributed by atoms with Crippen LogP contribution in [0.25, 0.3) is 22.4 Å². The Bertz CT molecular complexity index is 1140. The smallest absolute Gasteiger partial charge is 0.322 e. The van der Waals surface area contributed by atoms with Gasteiger partial charge in [-0.05, 0) is 55.6 Å². The van der Waals surface area contributed by atoms with Gasteiger partial charge in [-0.25, -0.2) is 0 Å². The van der Waals surface area contributed by atoms with E-state index in [2.05, 4.69) is 55.9 Å². The molecule has 1 amide bonds. The highest BCUT2D eigenvalue weighted by Gasteiger charge is 2.24. The fourth-order valence-electron chi connectivity index (χ4n) is 4.17. The van der Waals surface area contributed by atoms with Crippen LogP contribution in [0.4, 0.5) is 6.01 Å². The van der Waals surface area contributed by atoms with Crippen molar-refractivity contribution >= 4 is 22.8 Å². The maximum Gasteiger partial charge on any atom is 0.322 e. The second kappa shape index (κ2) is 8.12. The summed E-state index contributed by atoms with van der Waals surface area (Å²) in [6, 6.07) is 18.0. The lowest BCUT2D eigenvalue weighted by Crippen LogP contribution is -2.38. The molecule has 3 heterocycles. The Morgan fingerprint density at radius 3 is 2.67 bits per heavy atom. The summed E-state index contributed by atoms with van der Waals surface area (Å²) in [5, 5.41) is 12.0. The standard InChI is InChI=1S/C23H23N5O2/c29-21(25-23-27-26-22(30-23)17-6-2-1-3-7-17)15-28-12-10-16(11-13-28)19-14-24-20-9-5-4-8-18(19)20/h1-9,14,16,24H,10-13,15H2,(H,25,27,29). The molecule has 4 aromatic rings. The molecule has 0 spiro atoms. The fourth-order valence-corrected chi connectivity index (χ4v) is 4.17. The van der Waals surface area contributed by atoms with E-state index in [-0.39, 0.29) is 11.9 Å². The number of nitrogens with zero attached hydrogens (tertiary/aromatic N) is 3. The summed E-state index contributed by atoms with van der Waals surface area (Å²) in [6.45, 7) is 2.09. The van der Waals surface area contributed by atoms with Crippen molar-refractivity contribution in [3.63, 3.8) is 0 Å². The number of hydrogen-bond acceptors (Lipinski definition) is 5. The molecule has 7 nitrogen and oxygen atoms in total. The minimum absolute atomic E-state index is 0.132. The molecule has 7 heteroatoms. The average Bonchev–Trinajstić information content (AvgIpc) is 3.42. The van der Waals surface area contributed by atoms with Gasteiger partial charge in [0, 0.05) is 22.7 Å². The lowest BCUT2D eigenvalue weighted by atomic mass is 9.89. The molecule has 152 valence electrons. The van der Waals surface area contributed by atoms with Gasteiger partial charge >= 0.3 is 6.01 Å². The zero-order valence-corrected chi connectivity index (χ0v) is 16.5. The first-order valence-corrected chi connectivity index (χ1v) is 10.2. The number of nitrogens with one attached hydrogen (secondary N) is 2. The molecule has 0 atom stereocenters. The number of amides is 1. The van der Waals surface area contributed by atoms with Gasteiger partial charge in [0.25, 0.3) is 0 Å². The summed E-state index contributed by atoms with van der Waals surface area (Å²) in [7, 11) is 0. The third-order valence-corrected chi connectivity index (χ3v) is 5.71.